The van der Waals surface area contributed by atoms with E-state index in [1.807, 2.05) is 11.4 Å². The molecule has 1 N–H and O–H groups in total. The molecule has 114 valence electrons. The van der Waals surface area contributed by atoms with Crippen molar-refractivity contribution in [3.8, 4) is 0 Å². The summed E-state index contributed by atoms with van der Waals surface area (Å²) >= 11 is 1.53. The number of furan rings is 1. The quantitative estimate of drug-likeness (QED) is 0.751. The lowest BCUT2D eigenvalue weighted by Crippen LogP contribution is -2.16. The smallest absolute Gasteiger partial charge is 0.233 e. The summed E-state index contributed by atoms with van der Waals surface area (Å²) in [5, 5.41) is 4.85. The third-order valence-electron chi connectivity index (χ3n) is 3.28. The Morgan fingerprint density at radius 3 is 3.05 bits per heavy atom. The molecule has 3 aromatic heterocycles. The summed E-state index contributed by atoms with van der Waals surface area (Å²) in [6.45, 7) is 2.13. The molecule has 0 bridgehead atoms. The number of aryl methyl sites for hydroxylation is 1. The maximum atomic E-state index is 12.1. The first-order chi connectivity index (χ1) is 10.8. The van der Waals surface area contributed by atoms with Gasteiger partial charge in [0.05, 0.1) is 22.9 Å². The monoisotopic (exact) mass is 315 g/mol. The number of anilines is 1. The summed E-state index contributed by atoms with van der Waals surface area (Å²) in [7, 11) is 0. The van der Waals surface area contributed by atoms with Crippen molar-refractivity contribution in [3.63, 3.8) is 0 Å². The lowest BCUT2D eigenvalue weighted by Gasteiger charge is -2.07. The van der Waals surface area contributed by atoms with Gasteiger partial charge in [-0.25, -0.2) is 9.97 Å². The normalized spacial score (nSPS) is 11.0. The zero-order valence-electron chi connectivity index (χ0n) is 12.3. The molecule has 3 heterocycles. The molecule has 0 spiro atoms. The Morgan fingerprint density at radius 1 is 1.36 bits per heavy atom. The van der Waals surface area contributed by atoms with Gasteiger partial charge < -0.3 is 9.73 Å². The topological polar surface area (TPSA) is 68.0 Å². The van der Waals surface area contributed by atoms with Gasteiger partial charge in [-0.2, -0.15) is 0 Å². The standard InChI is InChI=1S/C16H17N3O2S/c1-2-3-6-13-17-12-7-9-22-15(12)16(18-13)19-14(20)10-11-5-4-8-21-11/h4-5,7-9H,2-3,6,10H2,1H3,(H,17,18,19,20). The molecule has 22 heavy (non-hydrogen) atoms. The van der Waals surface area contributed by atoms with Crippen LogP contribution < -0.4 is 5.32 Å². The number of amides is 1. The fourth-order valence-corrected chi connectivity index (χ4v) is 2.97. The maximum absolute atomic E-state index is 12.1. The predicted molar refractivity (Wildman–Crippen MR) is 87.1 cm³/mol. The van der Waals surface area contributed by atoms with Crippen LogP contribution in [-0.4, -0.2) is 15.9 Å². The van der Waals surface area contributed by atoms with E-state index in [1.54, 1.807) is 18.4 Å². The van der Waals surface area contributed by atoms with Crippen molar-refractivity contribution in [2.24, 2.45) is 0 Å². The van der Waals surface area contributed by atoms with E-state index in [4.69, 9.17) is 4.42 Å². The Balaban J connectivity index is 1.81. The maximum Gasteiger partial charge on any atom is 0.233 e. The highest BCUT2D eigenvalue weighted by molar-refractivity contribution is 7.17. The average molecular weight is 315 g/mol. The lowest BCUT2D eigenvalue weighted by atomic mass is 10.2. The molecule has 3 aromatic rings. The van der Waals surface area contributed by atoms with E-state index < -0.39 is 0 Å². The van der Waals surface area contributed by atoms with E-state index in [-0.39, 0.29) is 12.3 Å². The number of unbranched alkanes of at least 4 members (excludes halogenated alkanes) is 1. The third kappa shape index (κ3) is 3.33. The van der Waals surface area contributed by atoms with E-state index in [0.29, 0.717) is 11.6 Å². The van der Waals surface area contributed by atoms with Crippen molar-refractivity contribution in [2.75, 3.05) is 5.32 Å². The van der Waals surface area contributed by atoms with Crippen molar-refractivity contribution < 1.29 is 9.21 Å². The largest absolute Gasteiger partial charge is 0.469 e. The first-order valence-electron chi connectivity index (χ1n) is 7.32. The Morgan fingerprint density at radius 2 is 2.27 bits per heavy atom. The Kier molecular flexibility index (Phi) is 4.48. The van der Waals surface area contributed by atoms with Crippen molar-refractivity contribution >= 4 is 33.3 Å². The number of hydrogen-bond donors (Lipinski definition) is 1. The van der Waals surface area contributed by atoms with E-state index in [2.05, 4.69) is 22.2 Å². The van der Waals surface area contributed by atoms with Crippen molar-refractivity contribution in [1.29, 1.82) is 0 Å². The summed E-state index contributed by atoms with van der Waals surface area (Å²) in [5.74, 6) is 1.88. The van der Waals surface area contributed by atoms with Crippen LogP contribution in [0.1, 0.15) is 31.4 Å². The highest BCUT2D eigenvalue weighted by Gasteiger charge is 2.13. The molecule has 6 heteroatoms. The molecule has 0 fully saturated rings. The molecule has 0 aliphatic rings. The predicted octanol–water partition coefficient (Wildman–Crippen LogP) is 3.81. The molecule has 1 amide bonds. The molecule has 0 saturated carbocycles. The number of aromatic nitrogens is 2. The molecule has 0 saturated heterocycles. The van der Waals surface area contributed by atoms with Gasteiger partial charge in [-0.05, 0) is 30.0 Å². The summed E-state index contributed by atoms with van der Waals surface area (Å²) in [6, 6.07) is 5.51. The van der Waals surface area contributed by atoms with Crippen molar-refractivity contribution in [3.05, 3.63) is 41.4 Å². The van der Waals surface area contributed by atoms with E-state index in [0.717, 1.165) is 35.3 Å². The number of hydrogen-bond acceptors (Lipinski definition) is 5. The van der Waals surface area contributed by atoms with Crippen molar-refractivity contribution in [2.45, 2.75) is 32.6 Å². The molecular weight excluding hydrogens is 298 g/mol. The molecule has 0 aliphatic carbocycles. The molecule has 0 aliphatic heterocycles. The Hall–Kier alpha value is -2.21. The van der Waals surface area contributed by atoms with Crippen LogP contribution in [0.2, 0.25) is 0 Å². The molecule has 3 rings (SSSR count). The van der Waals surface area contributed by atoms with Crippen LogP contribution in [0.15, 0.2) is 34.3 Å². The van der Waals surface area contributed by atoms with Crippen LogP contribution in [0.25, 0.3) is 10.2 Å². The Bertz CT molecular complexity index is 765. The fraction of sp³-hybridized carbons (Fsp3) is 0.312. The van der Waals surface area contributed by atoms with Gasteiger partial charge in [0.15, 0.2) is 5.82 Å². The second-order valence-electron chi connectivity index (χ2n) is 5.03. The molecule has 0 unspecified atom stereocenters. The van der Waals surface area contributed by atoms with Crippen LogP contribution in [0.3, 0.4) is 0 Å². The van der Waals surface area contributed by atoms with E-state index >= 15 is 0 Å². The summed E-state index contributed by atoms with van der Waals surface area (Å²) < 4.78 is 6.11. The summed E-state index contributed by atoms with van der Waals surface area (Å²) in [6.07, 6.45) is 4.71. The molecule has 5 nitrogen and oxygen atoms in total. The van der Waals surface area contributed by atoms with Crippen molar-refractivity contribution in [1.82, 2.24) is 9.97 Å². The van der Waals surface area contributed by atoms with Crippen LogP contribution in [0.5, 0.6) is 0 Å². The number of carbonyl (C=O) groups excluding carboxylic acids is 1. The zero-order valence-corrected chi connectivity index (χ0v) is 13.2. The minimum Gasteiger partial charge on any atom is -0.469 e. The Labute approximate surface area is 132 Å². The van der Waals surface area contributed by atoms with Gasteiger partial charge in [0.2, 0.25) is 5.91 Å². The fourth-order valence-electron chi connectivity index (χ4n) is 2.19. The summed E-state index contributed by atoms with van der Waals surface area (Å²) in [5.41, 5.74) is 0.888. The molecule has 0 radical (unpaired) electrons. The molecule has 0 atom stereocenters. The second-order valence-corrected chi connectivity index (χ2v) is 5.95. The van der Waals surface area contributed by atoms with Crippen LogP contribution in [0.4, 0.5) is 5.82 Å². The SMILES string of the molecule is CCCCc1nc(NC(=O)Cc2ccco2)c2sccc2n1. The minimum atomic E-state index is -0.134. The van der Waals surface area contributed by atoms with Crippen LogP contribution in [0, 0.1) is 0 Å². The van der Waals surface area contributed by atoms with Gasteiger partial charge in [-0.1, -0.05) is 13.3 Å². The third-order valence-corrected chi connectivity index (χ3v) is 4.19. The number of thiophene rings is 1. The summed E-state index contributed by atoms with van der Waals surface area (Å²) in [4.78, 5) is 21.2. The van der Waals surface area contributed by atoms with E-state index in [1.165, 1.54) is 11.3 Å². The van der Waals surface area contributed by atoms with Gasteiger partial charge in [0.25, 0.3) is 0 Å². The first-order valence-corrected chi connectivity index (χ1v) is 8.20. The molecular formula is C16H17N3O2S. The number of carbonyl (C=O) groups is 1. The number of nitrogens with one attached hydrogen (secondary N) is 1. The van der Waals surface area contributed by atoms with Gasteiger partial charge in [-0.15, -0.1) is 11.3 Å². The first kappa shape index (κ1) is 14.7. The average Bonchev–Trinajstić information content (AvgIpc) is 3.16. The van der Waals surface area contributed by atoms with Crippen LogP contribution >= 0.6 is 11.3 Å². The van der Waals surface area contributed by atoms with Crippen LogP contribution in [-0.2, 0) is 17.6 Å². The van der Waals surface area contributed by atoms with E-state index in [9.17, 15) is 4.79 Å². The number of fused-ring (bicyclic) bond motifs is 1. The lowest BCUT2D eigenvalue weighted by molar-refractivity contribution is -0.115. The highest BCUT2D eigenvalue weighted by Crippen LogP contribution is 2.26. The highest BCUT2D eigenvalue weighted by atomic mass is 32.1. The molecule has 0 aromatic carbocycles. The van der Waals surface area contributed by atoms with Gasteiger partial charge in [-0.3, -0.25) is 4.79 Å². The van der Waals surface area contributed by atoms with Gasteiger partial charge in [0, 0.05) is 6.42 Å². The zero-order chi connectivity index (χ0) is 15.4. The number of rotatable bonds is 6. The second kappa shape index (κ2) is 6.70. The minimum absolute atomic E-state index is 0.134. The number of nitrogens with zero attached hydrogens (tertiary/aromatic N) is 2. The van der Waals surface area contributed by atoms with Gasteiger partial charge >= 0.3 is 0 Å². The van der Waals surface area contributed by atoms with Gasteiger partial charge in [0.1, 0.15) is 11.6 Å².